The number of nitrogens with zero attached hydrogens (tertiary/aromatic N) is 1. The topological polar surface area (TPSA) is 70.3 Å². The van der Waals surface area contributed by atoms with Crippen LogP contribution in [0.25, 0.3) is 0 Å². The fourth-order valence-corrected chi connectivity index (χ4v) is 4.45. The number of aliphatic carboxylic acids is 1. The lowest BCUT2D eigenvalue weighted by Gasteiger charge is -2.22. The molecular formula is C23H19ClF3NO3. The molecule has 1 fully saturated rings. The maximum absolute atomic E-state index is 13.0. The number of carboxylic acids is 1. The summed E-state index contributed by atoms with van der Waals surface area (Å²) in [4.78, 5) is 12.4. The molecule has 31 heavy (non-hydrogen) atoms. The molecule has 3 atom stereocenters. The molecule has 0 saturated heterocycles. The Bertz CT molecular complexity index is 1060. The Morgan fingerprint density at radius 3 is 2.35 bits per heavy atom. The summed E-state index contributed by atoms with van der Waals surface area (Å²) in [6.45, 7) is 3.05. The Hall–Kier alpha value is -2.98. The summed E-state index contributed by atoms with van der Waals surface area (Å²) >= 11 is 5.40. The highest BCUT2D eigenvalue weighted by Crippen LogP contribution is 2.75. The first-order chi connectivity index (χ1) is 14.5. The minimum atomic E-state index is -4.80. The summed E-state index contributed by atoms with van der Waals surface area (Å²) in [6, 6.07) is 17.2. The highest BCUT2D eigenvalue weighted by atomic mass is 35.5. The molecule has 1 saturated carbocycles. The number of allylic oxidation sites excluding steroid dienone is 2. The van der Waals surface area contributed by atoms with Gasteiger partial charge in [0.25, 0.3) is 0 Å². The summed E-state index contributed by atoms with van der Waals surface area (Å²) in [7, 11) is 0. The third kappa shape index (κ3) is 3.88. The van der Waals surface area contributed by atoms with Gasteiger partial charge in [0.2, 0.25) is 0 Å². The van der Waals surface area contributed by atoms with E-state index in [9.17, 15) is 28.3 Å². The molecule has 0 heterocycles. The molecule has 1 aliphatic carbocycles. The van der Waals surface area contributed by atoms with Crippen LogP contribution in [0.2, 0.25) is 0 Å². The summed E-state index contributed by atoms with van der Waals surface area (Å²) in [6.07, 6.45) is -4.08. The smallest absolute Gasteiger partial charge is 0.426 e. The maximum atomic E-state index is 13.0. The number of rotatable bonds is 6. The van der Waals surface area contributed by atoms with Crippen LogP contribution in [-0.4, -0.2) is 17.3 Å². The Morgan fingerprint density at radius 2 is 1.81 bits per heavy atom. The molecule has 1 aliphatic rings. The molecule has 0 unspecified atom stereocenters. The molecule has 162 valence electrons. The molecule has 4 nitrogen and oxygen atoms in total. The van der Waals surface area contributed by atoms with Gasteiger partial charge in [0.1, 0.15) is 21.9 Å². The number of hydrogen-bond acceptors (Lipinski definition) is 3. The second-order valence-electron chi connectivity index (χ2n) is 7.94. The number of benzene rings is 2. The number of ether oxygens (including phenoxy) is 1. The van der Waals surface area contributed by atoms with Crippen LogP contribution in [0, 0.1) is 28.1 Å². The molecule has 0 bridgehead atoms. The quantitative estimate of drug-likeness (QED) is 0.546. The van der Waals surface area contributed by atoms with Gasteiger partial charge in [-0.05, 0) is 35.2 Å². The highest BCUT2D eigenvalue weighted by Gasteiger charge is 2.78. The number of halogens is 4. The molecule has 0 aromatic heterocycles. The second kappa shape index (κ2) is 7.93. The molecule has 0 radical (unpaired) electrons. The van der Waals surface area contributed by atoms with Gasteiger partial charge >= 0.3 is 12.1 Å². The normalized spacial score (nSPS) is 23.5. The van der Waals surface area contributed by atoms with E-state index in [1.165, 1.54) is 19.9 Å². The van der Waals surface area contributed by atoms with Crippen LogP contribution in [0.4, 0.5) is 13.2 Å². The fourth-order valence-electron chi connectivity index (χ4n) is 4.32. The first kappa shape index (κ1) is 22.7. The van der Waals surface area contributed by atoms with Crippen molar-refractivity contribution in [3.63, 3.8) is 0 Å². The molecule has 3 rings (SSSR count). The van der Waals surface area contributed by atoms with Crippen molar-refractivity contribution >= 4 is 17.6 Å². The Morgan fingerprint density at radius 1 is 1.19 bits per heavy atom. The standard InChI is InChI=1S/C23H19ClF3NO3/c1-21(2)18(12-19(24)23(25,26)27)22(21,20(29)30)17(13-28)14-7-6-10-16(11-14)31-15-8-4-3-5-9-15/h3-12,17-18H,1-2H3,(H,29,30)/b19-12-/t17-,18-,22-/m1/s1. The van der Waals surface area contributed by atoms with E-state index in [1.54, 1.807) is 42.5 Å². The van der Waals surface area contributed by atoms with E-state index in [1.807, 2.05) is 12.1 Å². The average molecular weight is 450 g/mol. The Kier molecular flexibility index (Phi) is 5.81. The molecule has 0 amide bonds. The van der Waals surface area contributed by atoms with E-state index in [0.717, 1.165) is 0 Å². The lowest BCUT2D eigenvalue weighted by atomic mass is 9.78. The summed E-state index contributed by atoms with van der Waals surface area (Å²) < 4.78 is 44.7. The van der Waals surface area contributed by atoms with E-state index in [2.05, 4.69) is 0 Å². The van der Waals surface area contributed by atoms with E-state index in [4.69, 9.17) is 16.3 Å². The zero-order valence-electron chi connectivity index (χ0n) is 16.7. The number of hydrogen-bond donors (Lipinski definition) is 1. The number of alkyl halides is 3. The number of para-hydroxylation sites is 1. The van der Waals surface area contributed by atoms with Gasteiger partial charge in [0.15, 0.2) is 0 Å². The summed E-state index contributed by atoms with van der Waals surface area (Å²) in [5.74, 6) is -2.74. The lowest BCUT2D eigenvalue weighted by molar-refractivity contribution is -0.145. The molecule has 1 N–H and O–H groups in total. The predicted octanol–water partition coefficient (Wildman–Crippen LogP) is 6.50. The number of nitriles is 1. The van der Waals surface area contributed by atoms with Crippen molar-refractivity contribution in [1.82, 2.24) is 0 Å². The zero-order valence-corrected chi connectivity index (χ0v) is 17.4. The van der Waals surface area contributed by atoms with Crippen LogP contribution in [0.3, 0.4) is 0 Å². The monoisotopic (exact) mass is 449 g/mol. The van der Waals surface area contributed by atoms with Crippen LogP contribution in [0.1, 0.15) is 25.3 Å². The molecule has 8 heteroatoms. The van der Waals surface area contributed by atoms with Gasteiger partial charge in [-0.25, -0.2) is 0 Å². The SMILES string of the molecule is CC1(C)[C@@H](/C=C(\Cl)C(F)(F)F)[C@@]1(C(=O)O)[C@H](C#N)c1cccc(Oc2ccccc2)c1. The molecule has 0 spiro atoms. The highest BCUT2D eigenvalue weighted by molar-refractivity contribution is 6.30. The largest absolute Gasteiger partial charge is 0.481 e. The molecule has 2 aromatic rings. The molecular weight excluding hydrogens is 431 g/mol. The van der Waals surface area contributed by atoms with Gasteiger partial charge in [-0.1, -0.05) is 61.9 Å². The fraction of sp³-hybridized carbons (Fsp3) is 0.304. The van der Waals surface area contributed by atoms with Crippen molar-refractivity contribution in [3.05, 3.63) is 71.3 Å². The number of carboxylic acid groups (broad SMARTS) is 1. The van der Waals surface area contributed by atoms with Gasteiger partial charge in [-0.3, -0.25) is 4.79 Å². The van der Waals surface area contributed by atoms with E-state index in [0.29, 0.717) is 23.1 Å². The van der Waals surface area contributed by atoms with Gasteiger partial charge in [-0.15, -0.1) is 0 Å². The van der Waals surface area contributed by atoms with Crippen molar-refractivity contribution in [1.29, 1.82) is 5.26 Å². The van der Waals surface area contributed by atoms with E-state index in [-0.39, 0.29) is 0 Å². The Labute approximate surface area is 182 Å². The zero-order chi connectivity index (χ0) is 23.0. The number of carbonyl (C=O) groups is 1. The summed E-state index contributed by atoms with van der Waals surface area (Å²) in [5.41, 5.74) is -2.58. The van der Waals surface area contributed by atoms with Crippen molar-refractivity contribution in [3.8, 4) is 17.6 Å². The van der Waals surface area contributed by atoms with Crippen molar-refractivity contribution in [2.24, 2.45) is 16.7 Å². The predicted molar refractivity (Wildman–Crippen MR) is 109 cm³/mol. The van der Waals surface area contributed by atoms with Crippen molar-refractivity contribution in [2.45, 2.75) is 25.9 Å². The average Bonchev–Trinajstić information content (AvgIpc) is 3.18. The van der Waals surface area contributed by atoms with Crippen molar-refractivity contribution in [2.75, 3.05) is 0 Å². The Balaban J connectivity index is 2.03. The second-order valence-corrected chi connectivity index (χ2v) is 8.34. The minimum Gasteiger partial charge on any atom is -0.481 e. The van der Waals surface area contributed by atoms with Crippen LogP contribution in [0.15, 0.2) is 65.7 Å². The third-order valence-electron chi connectivity index (χ3n) is 5.94. The van der Waals surface area contributed by atoms with Crippen LogP contribution >= 0.6 is 11.6 Å². The van der Waals surface area contributed by atoms with Gasteiger partial charge in [-0.2, -0.15) is 18.4 Å². The van der Waals surface area contributed by atoms with Crippen molar-refractivity contribution < 1.29 is 27.8 Å². The van der Waals surface area contributed by atoms with Gasteiger partial charge in [0, 0.05) is 5.92 Å². The van der Waals surface area contributed by atoms with Crippen LogP contribution in [0.5, 0.6) is 11.5 Å². The minimum absolute atomic E-state index is 0.338. The molecule has 0 aliphatic heterocycles. The summed E-state index contributed by atoms with van der Waals surface area (Å²) in [5, 5.41) is 18.6. The lowest BCUT2D eigenvalue weighted by Crippen LogP contribution is -2.29. The van der Waals surface area contributed by atoms with E-state index >= 15 is 0 Å². The van der Waals surface area contributed by atoms with Crippen LogP contribution < -0.4 is 4.74 Å². The van der Waals surface area contributed by atoms with Gasteiger partial charge in [0.05, 0.1) is 12.0 Å². The van der Waals surface area contributed by atoms with Gasteiger partial charge < -0.3 is 9.84 Å². The first-order valence-corrected chi connectivity index (χ1v) is 9.74. The van der Waals surface area contributed by atoms with Crippen LogP contribution in [-0.2, 0) is 4.79 Å². The first-order valence-electron chi connectivity index (χ1n) is 9.36. The maximum Gasteiger partial charge on any atom is 0.426 e. The molecule has 2 aromatic carbocycles. The third-order valence-corrected chi connectivity index (χ3v) is 6.28. The van der Waals surface area contributed by atoms with E-state index < -0.39 is 39.8 Å².